The minimum atomic E-state index is -0.283. The lowest BCUT2D eigenvalue weighted by Gasteiger charge is -2.14. The van der Waals surface area contributed by atoms with Crippen LogP contribution < -0.4 is 0 Å². The minimum Gasteiger partial charge on any atom is -0.294 e. The molecule has 0 aromatic heterocycles. The lowest BCUT2D eigenvalue weighted by molar-refractivity contribution is 0.0972. The van der Waals surface area contributed by atoms with Gasteiger partial charge in [0.15, 0.2) is 5.78 Å². The van der Waals surface area contributed by atoms with E-state index in [0.717, 1.165) is 18.4 Å². The molecule has 68 valence electrons. The fraction of sp³-hybridized carbons (Fsp3) is 0.300. The molecule has 0 heterocycles. The second-order valence-electron chi connectivity index (χ2n) is 3.20. The smallest absolute Gasteiger partial charge is 0.163 e. The van der Waals surface area contributed by atoms with Crippen molar-refractivity contribution in [1.29, 1.82) is 0 Å². The first-order valence-electron chi connectivity index (χ1n) is 4.19. The van der Waals surface area contributed by atoms with Gasteiger partial charge in [-0.3, -0.25) is 4.79 Å². The Hall–Kier alpha value is -0.450. The molecule has 0 saturated carbocycles. The van der Waals surface area contributed by atoms with Crippen molar-refractivity contribution < 1.29 is 9.18 Å². The van der Waals surface area contributed by atoms with Crippen LogP contribution in [0.1, 0.15) is 28.8 Å². The summed E-state index contributed by atoms with van der Waals surface area (Å²) >= 11 is 1.95. The van der Waals surface area contributed by atoms with Crippen molar-refractivity contribution in [3.05, 3.63) is 32.6 Å². The lowest BCUT2D eigenvalue weighted by atomic mass is 9.91. The number of hydrogen-bond donors (Lipinski definition) is 0. The van der Waals surface area contributed by atoms with Gasteiger partial charge in [-0.2, -0.15) is 0 Å². The third kappa shape index (κ3) is 1.61. The van der Waals surface area contributed by atoms with E-state index in [4.69, 9.17) is 0 Å². The van der Waals surface area contributed by atoms with Crippen molar-refractivity contribution in [2.45, 2.75) is 19.3 Å². The number of halogens is 2. The summed E-state index contributed by atoms with van der Waals surface area (Å²) in [6.45, 7) is 0. The van der Waals surface area contributed by atoms with Gasteiger partial charge in [0, 0.05) is 15.6 Å². The number of rotatable bonds is 0. The first kappa shape index (κ1) is 9.12. The van der Waals surface area contributed by atoms with Crippen molar-refractivity contribution in [2.75, 3.05) is 0 Å². The molecule has 1 nitrogen and oxygen atoms in total. The second-order valence-corrected chi connectivity index (χ2v) is 4.36. The van der Waals surface area contributed by atoms with E-state index < -0.39 is 0 Å². The van der Waals surface area contributed by atoms with Gasteiger partial charge >= 0.3 is 0 Å². The fourth-order valence-electron chi connectivity index (χ4n) is 1.63. The zero-order valence-corrected chi connectivity index (χ0v) is 9.10. The summed E-state index contributed by atoms with van der Waals surface area (Å²) in [6, 6.07) is 3.15. The third-order valence-corrected chi connectivity index (χ3v) is 3.12. The topological polar surface area (TPSA) is 17.1 Å². The normalized spacial score (nSPS) is 15.7. The standard InChI is InChI=1S/C10H8FIO/c11-8-5-7-6(4-9(8)12)2-1-3-10(7)13/h4-5H,1-3H2. The number of ketones is 1. The molecule has 3 heteroatoms. The number of carbonyl (C=O) groups is 1. The number of benzene rings is 1. The van der Waals surface area contributed by atoms with Gasteiger partial charge in [0.1, 0.15) is 5.82 Å². The number of carbonyl (C=O) groups excluding carboxylic acids is 1. The summed E-state index contributed by atoms with van der Waals surface area (Å²) in [6.07, 6.45) is 2.36. The summed E-state index contributed by atoms with van der Waals surface area (Å²) in [5, 5.41) is 0. The molecule has 0 unspecified atom stereocenters. The molecule has 2 rings (SSSR count). The van der Waals surface area contributed by atoms with Gasteiger partial charge in [0.05, 0.1) is 0 Å². The maximum absolute atomic E-state index is 13.1. The average Bonchev–Trinajstić information content (AvgIpc) is 2.09. The molecular formula is C10H8FIO. The molecule has 1 aromatic carbocycles. The predicted octanol–water partition coefficient (Wildman–Crippen LogP) is 2.95. The van der Waals surface area contributed by atoms with E-state index in [1.165, 1.54) is 6.07 Å². The third-order valence-electron chi connectivity index (χ3n) is 2.30. The number of fused-ring (bicyclic) bond motifs is 1. The Morgan fingerprint density at radius 1 is 1.31 bits per heavy atom. The highest BCUT2D eigenvalue weighted by molar-refractivity contribution is 14.1. The Morgan fingerprint density at radius 3 is 2.85 bits per heavy atom. The molecule has 1 aromatic rings. The van der Waals surface area contributed by atoms with E-state index in [0.29, 0.717) is 15.6 Å². The molecule has 0 saturated heterocycles. The lowest BCUT2D eigenvalue weighted by Crippen LogP contribution is -2.11. The molecule has 0 amide bonds. The summed E-state index contributed by atoms with van der Waals surface area (Å²) in [5.74, 6) is -0.203. The van der Waals surface area contributed by atoms with Gasteiger partial charge in [0.2, 0.25) is 0 Å². The Morgan fingerprint density at radius 2 is 2.08 bits per heavy atom. The summed E-state index contributed by atoms with van der Waals surface area (Å²) in [7, 11) is 0. The van der Waals surface area contributed by atoms with Gasteiger partial charge in [-0.25, -0.2) is 4.39 Å². The van der Waals surface area contributed by atoms with E-state index >= 15 is 0 Å². The van der Waals surface area contributed by atoms with Crippen molar-refractivity contribution in [2.24, 2.45) is 0 Å². The Labute approximate surface area is 89.5 Å². The van der Waals surface area contributed by atoms with Gasteiger partial charge in [-0.05, 0) is 53.1 Å². The van der Waals surface area contributed by atoms with Gasteiger partial charge in [-0.1, -0.05) is 0 Å². The molecule has 0 aliphatic heterocycles. The zero-order valence-electron chi connectivity index (χ0n) is 6.94. The fourth-order valence-corrected chi connectivity index (χ4v) is 2.16. The van der Waals surface area contributed by atoms with Crippen LogP contribution in [0, 0.1) is 9.39 Å². The molecule has 0 spiro atoms. The number of hydrogen-bond acceptors (Lipinski definition) is 1. The first-order chi connectivity index (χ1) is 6.18. The van der Waals surface area contributed by atoms with Gasteiger partial charge < -0.3 is 0 Å². The van der Waals surface area contributed by atoms with Crippen LogP contribution in [0.3, 0.4) is 0 Å². The van der Waals surface area contributed by atoms with Crippen LogP contribution in [-0.2, 0) is 6.42 Å². The average molecular weight is 290 g/mol. The van der Waals surface area contributed by atoms with Crippen molar-refractivity contribution in [1.82, 2.24) is 0 Å². The van der Waals surface area contributed by atoms with Crippen molar-refractivity contribution in [3.63, 3.8) is 0 Å². The monoisotopic (exact) mass is 290 g/mol. The number of Topliss-reactive ketones (excluding diaryl/α,β-unsaturated/α-hetero) is 1. The number of aryl methyl sites for hydroxylation is 1. The first-order valence-corrected chi connectivity index (χ1v) is 5.27. The summed E-state index contributed by atoms with van der Waals surface area (Å²) in [4.78, 5) is 11.4. The largest absolute Gasteiger partial charge is 0.294 e. The zero-order chi connectivity index (χ0) is 9.42. The Kier molecular flexibility index (Phi) is 2.36. The van der Waals surface area contributed by atoms with E-state index in [2.05, 4.69) is 0 Å². The van der Waals surface area contributed by atoms with Crippen LogP contribution in [0.15, 0.2) is 12.1 Å². The Balaban J connectivity index is 2.58. The SMILES string of the molecule is O=C1CCCc2cc(I)c(F)cc21. The molecule has 0 fully saturated rings. The molecule has 0 radical (unpaired) electrons. The molecule has 1 aliphatic carbocycles. The Bertz CT molecular complexity index is 373. The van der Waals surface area contributed by atoms with E-state index in [-0.39, 0.29) is 11.6 Å². The van der Waals surface area contributed by atoms with Gasteiger partial charge in [-0.15, -0.1) is 0 Å². The van der Waals surface area contributed by atoms with Crippen LogP contribution in [0.2, 0.25) is 0 Å². The summed E-state index contributed by atoms with van der Waals surface area (Å²) < 4.78 is 13.7. The highest BCUT2D eigenvalue weighted by Gasteiger charge is 2.18. The molecule has 0 N–H and O–H groups in total. The minimum absolute atomic E-state index is 0.0801. The molecule has 1 aliphatic rings. The van der Waals surface area contributed by atoms with Crippen LogP contribution in [-0.4, -0.2) is 5.78 Å². The maximum atomic E-state index is 13.1. The van der Waals surface area contributed by atoms with Gasteiger partial charge in [0.25, 0.3) is 0 Å². The maximum Gasteiger partial charge on any atom is 0.163 e. The van der Waals surface area contributed by atoms with Crippen LogP contribution in [0.25, 0.3) is 0 Å². The summed E-state index contributed by atoms with van der Waals surface area (Å²) in [5.41, 5.74) is 1.59. The molecule has 13 heavy (non-hydrogen) atoms. The van der Waals surface area contributed by atoms with E-state index in [1.54, 1.807) is 6.07 Å². The van der Waals surface area contributed by atoms with Crippen LogP contribution in [0.4, 0.5) is 4.39 Å². The highest BCUT2D eigenvalue weighted by atomic mass is 127. The quantitative estimate of drug-likeness (QED) is 0.671. The van der Waals surface area contributed by atoms with Crippen molar-refractivity contribution >= 4 is 28.4 Å². The van der Waals surface area contributed by atoms with E-state index in [9.17, 15) is 9.18 Å². The van der Waals surface area contributed by atoms with E-state index in [1.807, 2.05) is 22.6 Å². The molecule has 0 atom stereocenters. The highest BCUT2D eigenvalue weighted by Crippen LogP contribution is 2.24. The van der Waals surface area contributed by atoms with Crippen molar-refractivity contribution in [3.8, 4) is 0 Å². The second kappa shape index (κ2) is 3.36. The van der Waals surface area contributed by atoms with Crippen LogP contribution >= 0.6 is 22.6 Å². The van der Waals surface area contributed by atoms with Crippen LogP contribution in [0.5, 0.6) is 0 Å². The molecule has 0 bridgehead atoms. The predicted molar refractivity (Wildman–Crippen MR) is 56.4 cm³/mol. The molecular weight excluding hydrogens is 282 g/mol.